The van der Waals surface area contributed by atoms with Crippen molar-refractivity contribution in [1.29, 1.82) is 0 Å². The second-order valence-corrected chi connectivity index (χ2v) is 8.50. The molecule has 2 aliphatic rings. The predicted octanol–water partition coefficient (Wildman–Crippen LogP) is 4.11. The average molecular weight is 426 g/mol. The molecule has 2 heterocycles. The quantitative estimate of drug-likeness (QED) is 0.683. The summed E-state index contributed by atoms with van der Waals surface area (Å²) >= 11 is 0. The molecule has 0 aromatic heterocycles. The molecule has 5 heteroatoms. The van der Waals surface area contributed by atoms with Crippen molar-refractivity contribution < 1.29 is 9.90 Å². The van der Waals surface area contributed by atoms with Crippen molar-refractivity contribution in [2.24, 2.45) is 4.99 Å². The molecule has 5 rings (SSSR count). The lowest BCUT2D eigenvalue weighted by molar-refractivity contribution is -0.136. The SMILES string of the molecule is O=C(O)Cc1ccccc1CN1CCN(C2=Nc3ccccc3Cc3ccccc32)CC1. The molecule has 1 N–H and O–H groups in total. The Morgan fingerprint density at radius 3 is 2.25 bits per heavy atom. The first-order valence-electron chi connectivity index (χ1n) is 11.2. The Kier molecular flexibility index (Phi) is 5.73. The molecule has 3 aromatic rings. The summed E-state index contributed by atoms with van der Waals surface area (Å²) in [6.07, 6.45) is 0.975. The van der Waals surface area contributed by atoms with E-state index in [2.05, 4.69) is 58.3 Å². The van der Waals surface area contributed by atoms with Gasteiger partial charge in [-0.15, -0.1) is 0 Å². The summed E-state index contributed by atoms with van der Waals surface area (Å²) in [6.45, 7) is 4.42. The van der Waals surface area contributed by atoms with E-state index in [4.69, 9.17) is 4.99 Å². The first kappa shape index (κ1) is 20.5. The molecule has 2 aliphatic heterocycles. The van der Waals surface area contributed by atoms with Gasteiger partial charge < -0.3 is 10.0 Å². The van der Waals surface area contributed by atoms with Crippen LogP contribution in [0.2, 0.25) is 0 Å². The van der Waals surface area contributed by atoms with Crippen LogP contribution in [0.5, 0.6) is 0 Å². The van der Waals surface area contributed by atoms with E-state index in [1.807, 2.05) is 24.3 Å². The second-order valence-electron chi connectivity index (χ2n) is 8.50. The number of carboxylic acid groups (broad SMARTS) is 1. The molecule has 0 spiro atoms. The number of aliphatic carboxylic acids is 1. The molecule has 0 radical (unpaired) electrons. The molecule has 0 unspecified atom stereocenters. The molecule has 162 valence electrons. The third kappa shape index (κ3) is 4.30. The summed E-state index contributed by atoms with van der Waals surface area (Å²) in [5, 5.41) is 9.22. The number of piperazine rings is 1. The highest BCUT2D eigenvalue weighted by Crippen LogP contribution is 2.30. The minimum Gasteiger partial charge on any atom is -0.481 e. The molecule has 1 saturated heterocycles. The fourth-order valence-corrected chi connectivity index (χ4v) is 4.69. The van der Waals surface area contributed by atoms with E-state index in [1.54, 1.807) is 0 Å². The van der Waals surface area contributed by atoms with Gasteiger partial charge in [0.15, 0.2) is 0 Å². The topological polar surface area (TPSA) is 56.1 Å². The zero-order valence-corrected chi connectivity index (χ0v) is 18.1. The maximum absolute atomic E-state index is 11.2. The molecule has 0 bridgehead atoms. The van der Waals surface area contributed by atoms with Crippen LogP contribution >= 0.6 is 0 Å². The summed E-state index contributed by atoms with van der Waals surface area (Å²) in [5.74, 6) is 0.282. The minimum absolute atomic E-state index is 0.0726. The molecule has 1 fully saturated rings. The summed E-state index contributed by atoms with van der Waals surface area (Å²) in [6, 6.07) is 24.9. The van der Waals surface area contributed by atoms with Gasteiger partial charge in [0, 0.05) is 44.7 Å². The number of nitrogens with zero attached hydrogens (tertiary/aromatic N) is 3. The third-order valence-corrected chi connectivity index (χ3v) is 6.38. The van der Waals surface area contributed by atoms with Crippen molar-refractivity contribution in [3.63, 3.8) is 0 Å². The number of aliphatic imine (C=N–C) groups is 1. The summed E-state index contributed by atoms with van der Waals surface area (Å²) < 4.78 is 0. The monoisotopic (exact) mass is 425 g/mol. The number of hydrogen-bond acceptors (Lipinski definition) is 4. The molecule has 0 saturated carbocycles. The third-order valence-electron chi connectivity index (χ3n) is 6.38. The number of hydrogen-bond donors (Lipinski definition) is 1. The van der Waals surface area contributed by atoms with Crippen molar-refractivity contribution in [3.05, 3.63) is 101 Å². The zero-order chi connectivity index (χ0) is 21.9. The first-order chi connectivity index (χ1) is 15.7. The average Bonchev–Trinajstić information content (AvgIpc) is 2.97. The molecule has 5 nitrogen and oxygen atoms in total. The van der Waals surface area contributed by atoms with Crippen LogP contribution in [0.25, 0.3) is 0 Å². The van der Waals surface area contributed by atoms with Crippen molar-refractivity contribution in [2.45, 2.75) is 19.4 Å². The van der Waals surface area contributed by atoms with Crippen molar-refractivity contribution in [3.8, 4) is 0 Å². The maximum Gasteiger partial charge on any atom is 0.307 e. The largest absolute Gasteiger partial charge is 0.481 e. The van der Waals surface area contributed by atoms with Gasteiger partial charge in [0.25, 0.3) is 0 Å². The van der Waals surface area contributed by atoms with Crippen molar-refractivity contribution >= 4 is 17.5 Å². The van der Waals surface area contributed by atoms with Crippen LogP contribution < -0.4 is 0 Å². The fraction of sp³-hybridized carbons (Fsp3) is 0.259. The van der Waals surface area contributed by atoms with Gasteiger partial charge in [0.1, 0.15) is 5.84 Å². The lowest BCUT2D eigenvalue weighted by Crippen LogP contribution is -2.48. The normalized spacial score (nSPS) is 16.0. The van der Waals surface area contributed by atoms with Crippen LogP contribution in [0.4, 0.5) is 5.69 Å². The summed E-state index contributed by atoms with van der Waals surface area (Å²) in [5.41, 5.74) is 6.88. The van der Waals surface area contributed by atoms with Crippen LogP contribution in [0.3, 0.4) is 0 Å². The van der Waals surface area contributed by atoms with Crippen LogP contribution in [-0.4, -0.2) is 52.9 Å². The number of carbonyl (C=O) groups is 1. The van der Waals surface area contributed by atoms with Gasteiger partial charge in [-0.3, -0.25) is 9.69 Å². The van der Waals surface area contributed by atoms with Gasteiger partial charge in [-0.2, -0.15) is 0 Å². The lowest BCUT2D eigenvalue weighted by atomic mass is 9.99. The highest BCUT2D eigenvalue weighted by Gasteiger charge is 2.25. The Labute approximate surface area is 188 Å². The Bertz CT molecular complexity index is 1160. The minimum atomic E-state index is -0.785. The van der Waals surface area contributed by atoms with Gasteiger partial charge in [-0.05, 0) is 28.3 Å². The van der Waals surface area contributed by atoms with Crippen LogP contribution in [0, 0.1) is 0 Å². The molecule has 0 amide bonds. The smallest absolute Gasteiger partial charge is 0.307 e. The van der Waals surface area contributed by atoms with E-state index in [-0.39, 0.29) is 6.42 Å². The lowest BCUT2D eigenvalue weighted by Gasteiger charge is -2.37. The van der Waals surface area contributed by atoms with Gasteiger partial charge in [0.2, 0.25) is 0 Å². The predicted molar refractivity (Wildman–Crippen MR) is 127 cm³/mol. The fourth-order valence-electron chi connectivity index (χ4n) is 4.69. The number of para-hydroxylation sites is 1. The Morgan fingerprint density at radius 2 is 1.47 bits per heavy atom. The standard InChI is InChI=1S/C27H27N3O2/c31-26(32)18-20-7-1-2-10-23(20)19-29-13-15-30(16-14-29)27-24-11-5-3-8-21(24)17-22-9-4-6-12-25(22)28-27/h1-12H,13-19H2,(H,31,32). The number of benzene rings is 3. The molecule has 3 aromatic carbocycles. The van der Waals surface area contributed by atoms with Crippen molar-refractivity contribution in [1.82, 2.24) is 9.80 Å². The zero-order valence-electron chi connectivity index (χ0n) is 18.1. The van der Waals surface area contributed by atoms with Gasteiger partial charge >= 0.3 is 5.97 Å². The molecular formula is C27H27N3O2. The van der Waals surface area contributed by atoms with Gasteiger partial charge in [-0.25, -0.2) is 4.99 Å². The Balaban J connectivity index is 1.34. The number of fused-ring (bicyclic) bond motifs is 2. The first-order valence-corrected chi connectivity index (χ1v) is 11.2. The summed E-state index contributed by atoms with van der Waals surface area (Å²) in [4.78, 5) is 21.1. The molecule has 32 heavy (non-hydrogen) atoms. The molecule has 0 atom stereocenters. The second kappa shape index (κ2) is 8.97. The number of rotatable bonds is 4. The van der Waals surface area contributed by atoms with Crippen LogP contribution in [0.15, 0.2) is 77.8 Å². The molecular weight excluding hydrogens is 398 g/mol. The van der Waals surface area contributed by atoms with Gasteiger partial charge in [0.05, 0.1) is 12.1 Å². The number of carboxylic acids is 1. The Hall–Kier alpha value is -3.44. The highest BCUT2D eigenvalue weighted by molar-refractivity contribution is 6.02. The van der Waals surface area contributed by atoms with E-state index >= 15 is 0 Å². The van der Waals surface area contributed by atoms with E-state index in [0.29, 0.717) is 0 Å². The van der Waals surface area contributed by atoms with Crippen molar-refractivity contribution in [2.75, 3.05) is 26.2 Å². The number of amidine groups is 1. The van der Waals surface area contributed by atoms with E-state index in [1.165, 1.54) is 16.7 Å². The van der Waals surface area contributed by atoms with E-state index in [9.17, 15) is 9.90 Å². The van der Waals surface area contributed by atoms with Crippen LogP contribution in [-0.2, 0) is 24.2 Å². The van der Waals surface area contributed by atoms with Crippen LogP contribution in [0.1, 0.15) is 27.8 Å². The van der Waals surface area contributed by atoms with E-state index in [0.717, 1.165) is 61.8 Å². The molecule has 0 aliphatic carbocycles. The van der Waals surface area contributed by atoms with Gasteiger partial charge in [-0.1, -0.05) is 66.7 Å². The van der Waals surface area contributed by atoms with E-state index < -0.39 is 5.97 Å². The summed E-state index contributed by atoms with van der Waals surface area (Å²) in [7, 11) is 0. The highest BCUT2D eigenvalue weighted by atomic mass is 16.4. The Morgan fingerprint density at radius 1 is 0.812 bits per heavy atom. The maximum atomic E-state index is 11.2.